The van der Waals surface area contributed by atoms with Crippen LogP contribution in [0.5, 0.6) is 5.75 Å². The molecule has 2 N–H and O–H groups in total. The molecule has 1 atom stereocenters. The number of para-hydroxylation sites is 1. The van der Waals surface area contributed by atoms with Crippen LogP contribution in [0.25, 0.3) is 0 Å². The van der Waals surface area contributed by atoms with Gasteiger partial charge >= 0.3 is 12.2 Å². The zero-order valence-electron chi connectivity index (χ0n) is 12.7. The van der Waals surface area contributed by atoms with E-state index in [1.807, 2.05) is 0 Å². The molecular formula is C14H14F3N3O4. The fourth-order valence-corrected chi connectivity index (χ4v) is 2.16. The van der Waals surface area contributed by atoms with Crippen molar-refractivity contribution in [3.8, 4) is 5.75 Å². The van der Waals surface area contributed by atoms with E-state index in [0.29, 0.717) is 0 Å². The third-order valence-corrected chi connectivity index (χ3v) is 3.38. The highest BCUT2D eigenvalue weighted by molar-refractivity contribution is 6.10. The van der Waals surface area contributed by atoms with Crippen LogP contribution in [0.2, 0.25) is 0 Å². The monoisotopic (exact) mass is 345 g/mol. The molecule has 1 fully saturated rings. The number of rotatable bonds is 4. The van der Waals surface area contributed by atoms with Gasteiger partial charge in [-0.15, -0.1) is 0 Å². The number of urea groups is 1. The molecule has 2 rings (SSSR count). The van der Waals surface area contributed by atoms with Crippen molar-refractivity contribution in [3.05, 3.63) is 29.8 Å². The highest BCUT2D eigenvalue weighted by Crippen LogP contribution is 2.34. The van der Waals surface area contributed by atoms with Gasteiger partial charge in [0, 0.05) is 7.05 Å². The normalized spacial score (nSPS) is 20.8. The second-order valence-electron chi connectivity index (χ2n) is 4.93. The Morgan fingerprint density at radius 3 is 2.46 bits per heavy atom. The zero-order valence-corrected chi connectivity index (χ0v) is 12.7. The Kier molecular flexibility index (Phi) is 4.41. The van der Waals surface area contributed by atoms with Gasteiger partial charge in [-0.2, -0.15) is 13.2 Å². The number of imide groups is 1. The zero-order chi connectivity index (χ0) is 18.1. The maximum atomic E-state index is 13.4. The van der Waals surface area contributed by atoms with Gasteiger partial charge in [-0.3, -0.25) is 19.8 Å². The average Bonchev–Trinajstić information content (AvgIpc) is 2.73. The quantitative estimate of drug-likeness (QED) is 0.804. The molecule has 1 aromatic carbocycles. The minimum absolute atomic E-state index is 0.0555. The number of amides is 4. The molecule has 10 heteroatoms. The molecular weight excluding hydrogens is 331 g/mol. The second-order valence-corrected chi connectivity index (χ2v) is 4.93. The Morgan fingerprint density at radius 2 is 1.96 bits per heavy atom. The molecule has 0 unspecified atom stereocenters. The van der Waals surface area contributed by atoms with Gasteiger partial charge in [0.05, 0.1) is 12.2 Å². The molecule has 0 aromatic heterocycles. The van der Waals surface area contributed by atoms with Crippen LogP contribution in [-0.4, -0.2) is 48.2 Å². The van der Waals surface area contributed by atoms with Gasteiger partial charge in [0.25, 0.3) is 17.5 Å². The summed E-state index contributed by atoms with van der Waals surface area (Å²) >= 11 is 0. The van der Waals surface area contributed by atoms with Gasteiger partial charge in [-0.05, 0) is 19.1 Å². The van der Waals surface area contributed by atoms with Gasteiger partial charge in [-0.25, -0.2) is 4.79 Å². The lowest BCUT2D eigenvalue weighted by Crippen LogP contribution is -2.69. The van der Waals surface area contributed by atoms with Crippen LogP contribution in [0, 0.1) is 0 Å². The summed E-state index contributed by atoms with van der Waals surface area (Å²) in [5.41, 5.74) is -3.71. The van der Waals surface area contributed by atoms with Crippen LogP contribution in [0.15, 0.2) is 24.3 Å². The number of ether oxygens (including phenoxy) is 1. The Labute approximate surface area is 134 Å². The number of halogens is 3. The summed E-state index contributed by atoms with van der Waals surface area (Å²) in [6, 6.07) is 4.35. The van der Waals surface area contributed by atoms with Crippen LogP contribution >= 0.6 is 0 Å². The fourth-order valence-electron chi connectivity index (χ4n) is 2.16. The van der Waals surface area contributed by atoms with Crippen LogP contribution in [0.3, 0.4) is 0 Å². The standard InChI is InChI=1S/C14H14F3N3O4/c1-3-24-9-7-5-4-6-8(9)10(21)18-13(14(15,16)17)11(22)20(2)12(23)19-13/h4-7H,3H2,1-2H3,(H,18,21)(H,19,23)/t13-/m1/s1. The Balaban J connectivity index is 2.41. The number of hydrogen-bond acceptors (Lipinski definition) is 4. The molecule has 7 nitrogen and oxygen atoms in total. The number of benzene rings is 1. The van der Waals surface area contributed by atoms with E-state index >= 15 is 0 Å². The van der Waals surface area contributed by atoms with Gasteiger partial charge in [0.1, 0.15) is 5.75 Å². The van der Waals surface area contributed by atoms with Gasteiger partial charge in [-0.1, -0.05) is 12.1 Å². The minimum atomic E-state index is -5.24. The van der Waals surface area contributed by atoms with E-state index in [1.165, 1.54) is 29.6 Å². The summed E-state index contributed by atoms with van der Waals surface area (Å²) in [5, 5.41) is 3.09. The summed E-state index contributed by atoms with van der Waals surface area (Å²) in [4.78, 5) is 35.9. The first-order valence-corrected chi connectivity index (χ1v) is 6.85. The molecule has 0 radical (unpaired) electrons. The molecule has 1 aromatic rings. The lowest BCUT2D eigenvalue weighted by atomic mass is 10.1. The number of hydrogen-bond donors (Lipinski definition) is 2. The van der Waals surface area contributed by atoms with Crippen molar-refractivity contribution in [2.45, 2.75) is 18.8 Å². The summed E-state index contributed by atoms with van der Waals surface area (Å²) in [7, 11) is 0.880. The van der Waals surface area contributed by atoms with E-state index in [9.17, 15) is 27.6 Å². The predicted molar refractivity (Wildman–Crippen MR) is 75.2 cm³/mol. The lowest BCUT2D eigenvalue weighted by molar-refractivity contribution is -0.199. The topological polar surface area (TPSA) is 87.7 Å². The molecule has 4 amide bonds. The summed E-state index contributed by atoms with van der Waals surface area (Å²) in [6.45, 7) is 1.83. The lowest BCUT2D eigenvalue weighted by Gasteiger charge is -2.29. The number of carbonyl (C=O) groups is 3. The van der Waals surface area contributed by atoms with E-state index in [-0.39, 0.29) is 22.8 Å². The molecule has 1 saturated heterocycles. The van der Waals surface area contributed by atoms with Crippen molar-refractivity contribution in [3.63, 3.8) is 0 Å². The highest BCUT2D eigenvalue weighted by atomic mass is 19.4. The van der Waals surface area contributed by atoms with Crippen LogP contribution < -0.4 is 15.4 Å². The van der Waals surface area contributed by atoms with Gasteiger partial charge in [0.2, 0.25) is 0 Å². The smallest absolute Gasteiger partial charge is 0.440 e. The molecule has 0 bridgehead atoms. The van der Waals surface area contributed by atoms with Crippen molar-refractivity contribution in [2.24, 2.45) is 0 Å². The number of nitrogens with zero attached hydrogens (tertiary/aromatic N) is 1. The van der Waals surface area contributed by atoms with E-state index in [4.69, 9.17) is 4.74 Å². The highest BCUT2D eigenvalue weighted by Gasteiger charge is 2.68. The van der Waals surface area contributed by atoms with Crippen LogP contribution in [0.4, 0.5) is 18.0 Å². The van der Waals surface area contributed by atoms with Gasteiger partial charge in [0.15, 0.2) is 0 Å². The summed E-state index contributed by atoms with van der Waals surface area (Å²) in [6.07, 6.45) is -5.24. The maximum absolute atomic E-state index is 13.4. The molecule has 1 aliphatic heterocycles. The maximum Gasteiger partial charge on any atom is 0.440 e. The largest absolute Gasteiger partial charge is 0.493 e. The third-order valence-electron chi connectivity index (χ3n) is 3.38. The number of carbonyl (C=O) groups excluding carboxylic acids is 3. The fraction of sp³-hybridized carbons (Fsp3) is 0.357. The molecule has 0 aliphatic carbocycles. The average molecular weight is 345 g/mol. The molecule has 0 spiro atoms. The Hall–Kier alpha value is -2.78. The first-order valence-electron chi connectivity index (χ1n) is 6.85. The van der Waals surface area contributed by atoms with E-state index in [1.54, 1.807) is 12.2 Å². The molecule has 24 heavy (non-hydrogen) atoms. The van der Waals surface area contributed by atoms with Crippen LogP contribution in [-0.2, 0) is 4.79 Å². The van der Waals surface area contributed by atoms with Crippen molar-refractivity contribution in [1.82, 2.24) is 15.5 Å². The Bertz CT molecular complexity index is 692. The summed E-state index contributed by atoms with van der Waals surface area (Å²) < 4.78 is 45.5. The SMILES string of the molecule is CCOc1ccccc1C(=O)N[C@@]1(C(F)(F)F)NC(=O)N(C)C1=O. The van der Waals surface area contributed by atoms with Crippen molar-refractivity contribution < 1.29 is 32.3 Å². The van der Waals surface area contributed by atoms with Crippen LogP contribution in [0.1, 0.15) is 17.3 Å². The first-order chi connectivity index (χ1) is 11.1. The minimum Gasteiger partial charge on any atom is -0.493 e. The number of likely N-dealkylation sites (N-methyl/N-ethyl adjacent to an activating group) is 1. The number of alkyl halides is 3. The number of nitrogens with one attached hydrogen (secondary N) is 2. The molecule has 0 saturated carbocycles. The second kappa shape index (κ2) is 6.02. The van der Waals surface area contributed by atoms with Crippen molar-refractivity contribution in [1.29, 1.82) is 0 Å². The van der Waals surface area contributed by atoms with E-state index in [2.05, 4.69) is 0 Å². The Morgan fingerprint density at radius 1 is 1.33 bits per heavy atom. The van der Waals surface area contributed by atoms with Crippen molar-refractivity contribution in [2.75, 3.05) is 13.7 Å². The molecule has 1 heterocycles. The summed E-state index contributed by atoms with van der Waals surface area (Å²) in [5.74, 6) is -2.78. The molecule has 130 valence electrons. The first kappa shape index (κ1) is 17.6. The predicted octanol–water partition coefficient (Wildman–Crippen LogP) is 1.26. The van der Waals surface area contributed by atoms with E-state index < -0.39 is 29.7 Å². The molecule has 1 aliphatic rings. The van der Waals surface area contributed by atoms with Crippen molar-refractivity contribution >= 4 is 17.8 Å². The van der Waals surface area contributed by atoms with E-state index in [0.717, 1.165) is 7.05 Å². The van der Waals surface area contributed by atoms with Gasteiger partial charge < -0.3 is 10.1 Å². The third kappa shape index (κ3) is 2.74.